The molecule has 0 aliphatic carbocycles. The minimum absolute atomic E-state index is 0.00199. The van der Waals surface area contributed by atoms with Crippen LogP contribution < -0.4 is 5.73 Å². The number of nitrogens with zero attached hydrogens (tertiary/aromatic N) is 2. The fourth-order valence-electron chi connectivity index (χ4n) is 2.35. The van der Waals surface area contributed by atoms with Crippen LogP contribution in [0.25, 0.3) is 0 Å². The standard InChI is InChI=1S/C14H21N3O2/c1-14(2,3)19-13(18)17-8-4-5-12(17)10-6-7-16-9-11(10)15/h6-7,9,12H,4-5,8,15H2,1-3H3. The van der Waals surface area contributed by atoms with Crippen LogP contribution in [0.3, 0.4) is 0 Å². The van der Waals surface area contributed by atoms with Crippen LogP contribution >= 0.6 is 0 Å². The predicted molar refractivity (Wildman–Crippen MR) is 73.6 cm³/mol. The summed E-state index contributed by atoms with van der Waals surface area (Å²) in [5.74, 6) is 0. The molecule has 2 N–H and O–H groups in total. The average Bonchev–Trinajstić information content (AvgIpc) is 2.76. The van der Waals surface area contributed by atoms with Gasteiger partial charge in [-0.2, -0.15) is 0 Å². The lowest BCUT2D eigenvalue weighted by atomic mass is 10.0. The molecule has 5 nitrogen and oxygen atoms in total. The molecule has 1 aromatic rings. The van der Waals surface area contributed by atoms with Crippen LogP contribution in [-0.2, 0) is 4.74 Å². The lowest BCUT2D eigenvalue weighted by Crippen LogP contribution is -2.36. The molecule has 104 valence electrons. The Morgan fingerprint density at radius 1 is 1.53 bits per heavy atom. The van der Waals surface area contributed by atoms with E-state index in [1.807, 2.05) is 26.8 Å². The van der Waals surface area contributed by atoms with E-state index in [1.165, 1.54) is 0 Å². The number of nitrogens with two attached hydrogens (primary N) is 1. The van der Waals surface area contributed by atoms with Crippen molar-refractivity contribution in [2.24, 2.45) is 0 Å². The van der Waals surface area contributed by atoms with Gasteiger partial charge in [0, 0.05) is 18.3 Å². The maximum absolute atomic E-state index is 12.2. The highest BCUT2D eigenvalue weighted by atomic mass is 16.6. The number of hydrogen-bond donors (Lipinski definition) is 1. The number of likely N-dealkylation sites (tertiary alicyclic amines) is 1. The zero-order chi connectivity index (χ0) is 14.0. The van der Waals surface area contributed by atoms with Crippen molar-refractivity contribution in [3.05, 3.63) is 24.0 Å². The van der Waals surface area contributed by atoms with Crippen molar-refractivity contribution in [2.75, 3.05) is 12.3 Å². The first kappa shape index (κ1) is 13.6. The van der Waals surface area contributed by atoms with E-state index in [2.05, 4.69) is 4.98 Å². The number of anilines is 1. The number of aromatic nitrogens is 1. The van der Waals surface area contributed by atoms with E-state index < -0.39 is 5.60 Å². The summed E-state index contributed by atoms with van der Waals surface area (Å²) in [5.41, 5.74) is 7.06. The van der Waals surface area contributed by atoms with Crippen LogP contribution in [0, 0.1) is 0 Å². The summed E-state index contributed by atoms with van der Waals surface area (Å²) >= 11 is 0. The number of hydrogen-bond acceptors (Lipinski definition) is 4. The second-order valence-corrected chi connectivity index (χ2v) is 5.84. The molecule has 1 aliphatic rings. The summed E-state index contributed by atoms with van der Waals surface area (Å²) < 4.78 is 5.44. The van der Waals surface area contributed by atoms with Gasteiger partial charge < -0.3 is 15.4 Å². The molecule has 19 heavy (non-hydrogen) atoms. The van der Waals surface area contributed by atoms with E-state index in [9.17, 15) is 4.79 Å². The molecule has 1 fully saturated rings. The highest BCUT2D eigenvalue weighted by molar-refractivity contribution is 5.70. The number of carbonyl (C=O) groups excluding carboxylic acids is 1. The number of nitrogen functional groups attached to an aromatic ring is 1. The van der Waals surface area contributed by atoms with E-state index in [-0.39, 0.29) is 12.1 Å². The molecular weight excluding hydrogens is 242 g/mol. The second-order valence-electron chi connectivity index (χ2n) is 5.84. The smallest absolute Gasteiger partial charge is 0.410 e. The Morgan fingerprint density at radius 3 is 2.89 bits per heavy atom. The molecular formula is C14H21N3O2. The molecule has 1 unspecified atom stereocenters. The normalized spacial score (nSPS) is 19.5. The van der Waals surface area contributed by atoms with E-state index in [0.29, 0.717) is 12.2 Å². The molecule has 1 amide bonds. The van der Waals surface area contributed by atoms with Crippen LogP contribution in [-0.4, -0.2) is 28.1 Å². The summed E-state index contributed by atoms with van der Waals surface area (Å²) in [6.07, 6.45) is 4.93. The van der Waals surface area contributed by atoms with Crippen molar-refractivity contribution in [1.29, 1.82) is 0 Å². The molecule has 0 spiro atoms. The molecule has 2 heterocycles. The van der Waals surface area contributed by atoms with Crippen LogP contribution in [0.2, 0.25) is 0 Å². The molecule has 0 saturated carbocycles. The van der Waals surface area contributed by atoms with Crippen molar-refractivity contribution in [3.8, 4) is 0 Å². The molecule has 1 saturated heterocycles. The summed E-state index contributed by atoms with van der Waals surface area (Å²) in [6, 6.07) is 1.88. The van der Waals surface area contributed by atoms with E-state index in [0.717, 1.165) is 18.4 Å². The minimum Gasteiger partial charge on any atom is -0.444 e. The quantitative estimate of drug-likeness (QED) is 0.845. The SMILES string of the molecule is CC(C)(C)OC(=O)N1CCCC1c1ccncc1N. The highest BCUT2D eigenvalue weighted by Crippen LogP contribution is 2.35. The first-order valence-corrected chi connectivity index (χ1v) is 6.57. The summed E-state index contributed by atoms with van der Waals surface area (Å²) in [4.78, 5) is 18.0. The van der Waals surface area contributed by atoms with Gasteiger partial charge in [-0.15, -0.1) is 0 Å². The third kappa shape index (κ3) is 3.16. The van der Waals surface area contributed by atoms with Crippen LogP contribution in [0.4, 0.5) is 10.5 Å². The zero-order valence-corrected chi connectivity index (χ0v) is 11.7. The molecule has 0 aromatic carbocycles. The van der Waals surface area contributed by atoms with Crippen molar-refractivity contribution < 1.29 is 9.53 Å². The molecule has 1 aliphatic heterocycles. The third-order valence-electron chi connectivity index (χ3n) is 3.13. The largest absolute Gasteiger partial charge is 0.444 e. The Kier molecular flexibility index (Phi) is 3.64. The van der Waals surface area contributed by atoms with Crippen molar-refractivity contribution in [1.82, 2.24) is 9.88 Å². The molecule has 2 rings (SSSR count). The zero-order valence-electron chi connectivity index (χ0n) is 11.7. The van der Waals surface area contributed by atoms with Gasteiger partial charge in [-0.05, 0) is 39.7 Å². The third-order valence-corrected chi connectivity index (χ3v) is 3.13. The van der Waals surface area contributed by atoms with Gasteiger partial charge >= 0.3 is 6.09 Å². The first-order chi connectivity index (χ1) is 8.88. The van der Waals surface area contributed by atoms with E-state index in [1.54, 1.807) is 17.3 Å². The van der Waals surface area contributed by atoms with Crippen LogP contribution in [0.15, 0.2) is 18.5 Å². The number of pyridine rings is 1. The number of amides is 1. The van der Waals surface area contributed by atoms with Crippen LogP contribution in [0.1, 0.15) is 45.2 Å². The second kappa shape index (κ2) is 5.07. The highest BCUT2D eigenvalue weighted by Gasteiger charge is 2.33. The lowest BCUT2D eigenvalue weighted by Gasteiger charge is -2.29. The first-order valence-electron chi connectivity index (χ1n) is 6.57. The maximum Gasteiger partial charge on any atom is 0.410 e. The van der Waals surface area contributed by atoms with Gasteiger partial charge in [-0.25, -0.2) is 4.79 Å². The van der Waals surface area contributed by atoms with Gasteiger partial charge in [-0.1, -0.05) is 0 Å². The molecule has 0 bridgehead atoms. The fraction of sp³-hybridized carbons (Fsp3) is 0.571. The maximum atomic E-state index is 12.2. The molecule has 5 heteroatoms. The van der Waals surface area contributed by atoms with Crippen molar-refractivity contribution in [3.63, 3.8) is 0 Å². The van der Waals surface area contributed by atoms with Crippen molar-refractivity contribution in [2.45, 2.75) is 45.3 Å². The lowest BCUT2D eigenvalue weighted by molar-refractivity contribution is 0.0225. The topological polar surface area (TPSA) is 68.5 Å². The average molecular weight is 263 g/mol. The van der Waals surface area contributed by atoms with Gasteiger partial charge in [0.05, 0.1) is 17.9 Å². The van der Waals surface area contributed by atoms with Crippen LogP contribution in [0.5, 0.6) is 0 Å². The molecule has 0 radical (unpaired) electrons. The predicted octanol–water partition coefficient (Wildman–Crippen LogP) is 2.74. The minimum atomic E-state index is -0.478. The summed E-state index contributed by atoms with van der Waals surface area (Å²) in [7, 11) is 0. The van der Waals surface area contributed by atoms with Gasteiger partial charge in [-0.3, -0.25) is 4.98 Å². The molecule has 1 atom stereocenters. The van der Waals surface area contributed by atoms with Crippen molar-refractivity contribution >= 4 is 11.8 Å². The Labute approximate surface area is 113 Å². The number of rotatable bonds is 1. The van der Waals surface area contributed by atoms with Gasteiger partial charge in [0.1, 0.15) is 5.60 Å². The van der Waals surface area contributed by atoms with Gasteiger partial charge in [0.25, 0.3) is 0 Å². The molecule has 1 aromatic heterocycles. The number of ether oxygens (including phenoxy) is 1. The Hall–Kier alpha value is -1.78. The Balaban J connectivity index is 2.18. The fourth-order valence-corrected chi connectivity index (χ4v) is 2.35. The van der Waals surface area contributed by atoms with Gasteiger partial charge in [0.15, 0.2) is 0 Å². The van der Waals surface area contributed by atoms with Gasteiger partial charge in [0.2, 0.25) is 0 Å². The Morgan fingerprint density at radius 2 is 2.26 bits per heavy atom. The van der Waals surface area contributed by atoms with E-state index >= 15 is 0 Å². The summed E-state index contributed by atoms with van der Waals surface area (Å²) in [6.45, 7) is 6.33. The monoisotopic (exact) mass is 263 g/mol. The van der Waals surface area contributed by atoms with E-state index in [4.69, 9.17) is 10.5 Å². The Bertz CT molecular complexity index is 468. The number of carbonyl (C=O) groups is 1. The summed E-state index contributed by atoms with van der Waals surface area (Å²) in [5, 5.41) is 0.